The fourth-order valence-corrected chi connectivity index (χ4v) is 5.58. The molecule has 1 N–H and O–H groups in total. The van der Waals surface area contributed by atoms with Crippen LogP contribution < -0.4 is 0 Å². The first kappa shape index (κ1) is 18.5. The van der Waals surface area contributed by atoms with Crippen molar-refractivity contribution < 1.29 is 5.11 Å². The summed E-state index contributed by atoms with van der Waals surface area (Å²) < 4.78 is 0. The van der Waals surface area contributed by atoms with Crippen molar-refractivity contribution in [1.82, 2.24) is 0 Å². The Hall–Kier alpha value is -1.25. The van der Waals surface area contributed by atoms with Crippen LogP contribution in [-0.4, -0.2) is 11.2 Å². The first-order valence-corrected chi connectivity index (χ1v) is 10.6. The molecule has 0 bridgehead atoms. The fraction of sp³-hybridized carbons (Fsp3) is 0.478. The lowest BCUT2D eigenvalue weighted by molar-refractivity contribution is 0.00769. The van der Waals surface area contributed by atoms with Crippen molar-refractivity contribution in [2.45, 2.75) is 68.6 Å². The maximum Gasteiger partial charge on any atom is 0.0759 e. The Morgan fingerprint density at radius 2 is 1.76 bits per heavy atom. The van der Waals surface area contributed by atoms with Crippen molar-refractivity contribution in [1.29, 1.82) is 0 Å². The number of aliphatic hydroxyl groups excluding tert-OH is 1. The van der Waals surface area contributed by atoms with Crippen LogP contribution in [0.1, 0.15) is 62.3 Å². The molecule has 0 aromatic heterocycles. The lowest BCUT2D eigenvalue weighted by Crippen LogP contribution is -2.37. The van der Waals surface area contributed by atoms with E-state index in [1.54, 1.807) is 0 Å². The molecule has 0 amide bonds. The van der Waals surface area contributed by atoms with Crippen LogP contribution in [0.5, 0.6) is 0 Å². The van der Waals surface area contributed by atoms with Gasteiger partial charge in [0.25, 0.3) is 0 Å². The van der Waals surface area contributed by atoms with Crippen LogP contribution in [0.15, 0.2) is 59.5 Å². The van der Waals surface area contributed by atoms with E-state index in [2.05, 4.69) is 68.4 Å². The van der Waals surface area contributed by atoms with E-state index in [9.17, 15) is 5.11 Å². The lowest BCUT2D eigenvalue weighted by Gasteiger charge is -2.40. The molecule has 0 radical (unpaired) electrons. The lowest BCUT2D eigenvalue weighted by atomic mass is 9.71. The third-order valence-corrected chi connectivity index (χ3v) is 7.22. The summed E-state index contributed by atoms with van der Waals surface area (Å²) in [5, 5.41) is 11.7. The molecule has 134 valence electrons. The summed E-state index contributed by atoms with van der Waals surface area (Å²) in [6, 6.07) is 19.3. The van der Waals surface area contributed by atoms with E-state index >= 15 is 0 Å². The highest BCUT2D eigenvalue weighted by atomic mass is 32.2. The van der Waals surface area contributed by atoms with Gasteiger partial charge in [0, 0.05) is 4.90 Å². The molecular formula is C23H30OS. The van der Waals surface area contributed by atoms with Gasteiger partial charge in [0.1, 0.15) is 0 Å². The Morgan fingerprint density at radius 3 is 2.48 bits per heavy atom. The molecule has 25 heavy (non-hydrogen) atoms. The molecule has 3 atom stereocenters. The minimum Gasteiger partial charge on any atom is -0.391 e. The second kappa shape index (κ2) is 8.42. The van der Waals surface area contributed by atoms with Gasteiger partial charge in [-0.1, -0.05) is 69.2 Å². The van der Waals surface area contributed by atoms with Gasteiger partial charge in [0.15, 0.2) is 0 Å². The number of aryl methyl sites for hydroxylation is 1. The van der Waals surface area contributed by atoms with Crippen LogP contribution in [0.2, 0.25) is 0 Å². The Kier molecular flexibility index (Phi) is 6.24. The number of unbranched alkanes of at least 4 members (excludes halogenated alkanes) is 1. The van der Waals surface area contributed by atoms with Gasteiger partial charge in [-0.3, -0.25) is 0 Å². The molecule has 0 saturated heterocycles. The Bertz CT molecular complexity index is 669. The van der Waals surface area contributed by atoms with Crippen molar-refractivity contribution in [2.75, 3.05) is 0 Å². The first-order valence-electron chi connectivity index (χ1n) is 9.68. The van der Waals surface area contributed by atoms with Crippen molar-refractivity contribution in [3.8, 4) is 0 Å². The quantitative estimate of drug-likeness (QED) is 0.605. The SMILES string of the molecule is CCCCC1(CC)CCc2ccccc2C(Sc2ccccc2)C1O. The summed E-state index contributed by atoms with van der Waals surface area (Å²) in [5.41, 5.74) is 2.78. The molecule has 0 fully saturated rings. The zero-order valence-corrected chi connectivity index (χ0v) is 16.3. The van der Waals surface area contributed by atoms with Crippen LogP contribution in [0.3, 0.4) is 0 Å². The average molecular weight is 355 g/mol. The van der Waals surface area contributed by atoms with E-state index in [1.807, 2.05) is 11.8 Å². The molecule has 0 heterocycles. The van der Waals surface area contributed by atoms with Crippen molar-refractivity contribution >= 4 is 11.8 Å². The second-order valence-electron chi connectivity index (χ2n) is 7.31. The number of hydrogen-bond donors (Lipinski definition) is 1. The Balaban J connectivity index is 1.99. The highest BCUT2D eigenvalue weighted by molar-refractivity contribution is 7.99. The van der Waals surface area contributed by atoms with Crippen LogP contribution in [0.25, 0.3) is 0 Å². The normalized spacial score (nSPS) is 26.0. The van der Waals surface area contributed by atoms with Gasteiger partial charge in [0.2, 0.25) is 0 Å². The predicted octanol–water partition coefficient (Wildman–Crippen LogP) is 6.41. The van der Waals surface area contributed by atoms with Crippen LogP contribution in [-0.2, 0) is 6.42 Å². The van der Waals surface area contributed by atoms with Crippen LogP contribution in [0, 0.1) is 5.41 Å². The molecule has 0 saturated carbocycles. The third kappa shape index (κ3) is 3.96. The van der Waals surface area contributed by atoms with Crippen molar-refractivity contribution in [2.24, 2.45) is 5.41 Å². The maximum absolute atomic E-state index is 11.6. The summed E-state index contributed by atoms with van der Waals surface area (Å²) in [5.74, 6) is 0. The molecular weight excluding hydrogens is 324 g/mol. The molecule has 0 spiro atoms. The third-order valence-electron chi connectivity index (χ3n) is 5.91. The standard InChI is InChI=1S/C23H30OS/c1-3-5-16-23(4-2)17-15-18-11-9-10-14-20(18)21(22(23)24)25-19-12-7-6-8-13-19/h6-14,21-22,24H,3-5,15-17H2,1-2H3. The molecule has 3 rings (SSSR count). The summed E-state index contributed by atoms with van der Waals surface area (Å²) in [6.45, 7) is 4.51. The molecule has 2 aromatic carbocycles. The highest BCUT2D eigenvalue weighted by Gasteiger charge is 2.43. The minimum atomic E-state index is -0.307. The van der Waals surface area contributed by atoms with E-state index in [1.165, 1.54) is 28.9 Å². The number of aliphatic hydroxyl groups is 1. The van der Waals surface area contributed by atoms with Gasteiger partial charge < -0.3 is 5.11 Å². The first-order chi connectivity index (χ1) is 12.2. The fourth-order valence-electron chi connectivity index (χ4n) is 4.20. The zero-order valence-electron chi connectivity index (χ0n) is 15.4. The van der Waals surface area contributed by atoms with Gasteiger partial charge in [-0.05, 0) is 54.4 Å². The number of fused-ring (bicyclic) bond motifs is 1. The van der Waals surface area contributed by atoms with Crippen LogP contribution >= 0.6 is 11.8 Å². The largest absolute Gasteiger partial charge is 0.391 e. The topological polar surface area (TPSA) is 20.2 Å². The van der Waals surface area contributed by atoms with E-state index in [4.69, 9.17) is 0 Å². The molecule has 1 aliphatic carbocycles. The van der Waals surface area contributed by atoms with E-state index < -0.39 is 0 Å². The van der Waals surface area contributed by atoms with Crippen molar-refractivity contribution in [3.05, 3.63) is 65.7 Å². The average Bonchev–Trinajstić information content (AvgIpc) is 2.78. The summed E-state index contributed by atoms with van der Waals surface area (Å²) >= 11 is 1.83. The molecule has 1 aliphatic rings. The van der Waals surface area contributed by atoms with Gasteiger partial charge >= 0.3 is 0 Å². The van der Waals surface area contributed by atoms with Gasteiger partial charge in [-0.15, -0.1) is 11.8 Å². The summed E-state index contributed by atoms with van der Waals surface area (Å²) in [7, 11) is 0. The number of benzene rings is 2. The molecule has 3 unspecified atom stereocenters. The van der Waals surface area contributed by atoms with Crippen molar-refractivity contribution in [3.63, 3.8) is 0 Å². The number of hydrogen-bond acceptors (Lipinski definition) is 2. The molecule has 2 aromatic rings. The highest BCUT2D eigenvalue weighted by Crippen LogP contribution is 2.51. The minimum absolute atomic E-state index is 0.0292. The maximum atomic E-state index is 11.6. The predicted molar refractivity (Wildman–Crippen MR) is 108 cm³/mol. The van der Waals surface area contributed by atoms with Gasteiger partial charge in [-0.2, -0.15) is 0 Å². The Labute approximate surface area is 156 Å². The monoisotopic (exact) mass is 354 g/mol. The van der Waals surface area contributed by atoms with Crippen LogP contribution in [0.4, 0.5) is 0 Å². The molecule has 1 nitrogen and oxygen atoms in total. The van der Waals surface area contributed by atoms with E-state index in [0.717, 1.165) is 25.7 Å². The second-order valence-corrected chi connectivity index (χ2v) is 8.53. The number of rotatable bonds is 6. The molecule has 2 heteroatoms. The smallest absolute Gasteiger partial charge is 0.0759 e. The Morgan fingerprint density at radius 1 is 1.04 bits per heavy atom. The number of thioether (sulfide) groups is 1. The molecule has 0 aliphatic heterocycles. The van der Waals surface area contributed by atoms with Gasteiger partial charge in [-0.25, -0.2) is 0 Å². The van der Waals surface area contributed by atoms with E-state index in [0.29, 0.717) is 0 Å². The summed E-state index contributed by atoms with van der Waals surface area (Å²) in [6.07, 6.45) is 6.43. The summed E-state index contributed by atoms with van der Waals surface area (Å²) in [4.78, 5) is 1.24. The zero-order chi connectivity index (χ0) is 17.7. The van der Waals surface area contributed by atoms with E-state index in [-0.39, 0.29) is 16.8 Å². The van der Waals surface area contributed by atoms with Gasteiger partial charge in [0.05, 0.1) is 11.4 Å².